The minimum Gasteiger partial charge on any atom is -0.299 e. The van der Waals surface area contributed by atoms with E-state index in [4.69, 9.17) is 9.82 Å². The summed E-state index contributed by atoms with van der Waals surface area (Å²) in [6.45, 7) is 6.87. The molecule has 118 valence electrons. The van der Waals surface area contributed by atoms with E-state index < -0.39 is 0 Å². The summed E-state index contributed by atoms with van der Waals surface area (Å²) < 4.78 is 1.86. The Morgan fingerprint density at radius 3 is 2.86 bits per heavy atom. The average Bonchev–Trinajstić information content (AvgIpc) is 2.99. The third kappa shape index (κ3) is 3.51. The zero-order valence-electron chi connectivity index (χ0n) is 13.3. The highest BCUT2D eigenvalue weighted by atomic mass is 16.7. The van der Waals surface area contributed by atoms with Crippen LogP contribution in [0.3, 0.4) is 0 Å². The standard InChI is InChI=1S/C16H23N5O/c1-13(2)16-18-15(8-11-20-10-5-6-12-22-20)21(19-16)14-7-3-4-9-17-14/h3-4,7,9,13H,5-6,8,10-12H2,1-2H3. The molecule has 0 bridgehead atoms. The molecule has 2 aromatic heterocycles. The molecule has 0 atom stereocenters. The van der Waals surface area contributed by atoms with Crippen LogP contribution in [0.4, 0.5) is 0 Å². The number of pyridine rings is 1. The van der Waals surface area contributed by atoms with Crippen molar-refractivity contribution in [1.29, 1.82) is 0 Å². The fraction of sp³-hybridized carbons (Fsp3) is 0.562. The monoisotopic (exact) mass is 301 g/mol. The van der Waals surface area contributed by atoms with Gasteiger partial charge in [0.15, 0.2) is 11.6 Å². The Morgan fingerprint density at radius 2 is 2.18 bits per heavy atom. The van der Waals surface area contributed by atoms with Crippen molar-refractivity contribution in [1.82, 2.24) is 24.8 Å². The Hall–Kier alpha value is -1.79. The molecule has 0 saturated carbocycles. The van der Waals surface area contributed by atoms with Crippen LogP contribution < -0.4 is 0 Å². The smallest absolute Gasteiger partial charge is 0.155 e. The molecule has 1 fully saturated rings. The van der Waals surface area contributed by atoms with Crippen LogP contribution in [-0.4, -0.2) is 44.5 Å². The molecule has 0 radical (unpaired) electrons. The third-order valence-electron chi connectivity index (χ3n) is 3.73. The predicted molar refractivity (Wildman–Crippen MR) is 83.7 cm³/mol. The van der Waals surface area contributed by atoms with E-state index in [9.17, 15) is 0 Å². The van der Waals surface area contributed by atoms with Crippen molar-refractivity contribution in [2.45, 2.75) is 39.0 Å². The van der Waals surface area contributed by atoms with Crippen molar-refractivity contribution >= 4 is 0 Å². The summed E-state index contributed by atoms with van der Waals surface area (Å²) >= 11 is 0. The Kier molecular flexibility index (Phi) is 4.80. The van der Waals surface area contributed by atoms with Crippen LogP contribution in [0, 0.1) is 0 Å². The summed E-state index contributed by atoms with van der Waals surface area (Å²) in [5.74, 6) is 2.92. The normalized spacial score (nSPS) is 16.3. The van der Waals surface area contributed by atoms with Crippen molar-refractivity contribution < 1.29 is 4.84 Å². The highest BCUT2D eigenvalue weighted by Crippen LogP contribution is 2.15. The average molecular weight is 301 g/mol. The first-order valence-corrected chi connectivity index (χ1v) is 7.99. The Morgan fingerprint density at radius 1 is 1.27 bits per heavy atom. The largest absolute Gasteiger partial charge is 0.299 e. The van der Waals surface area contributed by atoms with Crippen molar-refractivity contribution in [3.8, 4) is 5.82 Å². The van der Waals surface area contributed by atoms with E-state index in [2.05, 4.69) is 23.9 Å². The van der Waals surface area contributed by atoms with E-state index in [0.29, 0.717) is 5.92 Å². The highest BCUT2D eigenvalue weighted by molar-refractivity contribution is 5.22. The summed E-state index contributed by atoms with van der Waals surface area (Å²) in [5.41, 5.74) is 0. The van der Waals surface area contributed by atoms with Crippen LogP contribution in [0.1, 0.15) is 44.3 Å². The maximum Gasteiger partial charge on any atom is 0.155 e. The fourth-order valence-electron chi connectivity index (χ4n) is 2.48. The van der Waals surface area contributed by atoms with Crippen molar-refractivity contribution in [3.63, 3.8) is 0 Å². The lowest BCUT2D eigenvalue weighted by Gasteiger charge is -2.25. The van der Waals surface area contributed by atoms with Crippen LogP contribution in [0.2, 0.25) is 0 Å². The number of hydrogen-bond donors (Lipinski definition) is 0. The van der Waals surface area contributed by atoms with Gasteiger partial charge in [0.25, 0.3) is 0 Å². The minimum absolute atomic E-state index is 0.301. The molecule has 2 aromatic rings. The van der Waals surface area contributed by atoms with Gasteiger partial charge in [0.05, 0.1) is 6.61 Å². The van der Waals surface area contributed by atoms with Crippen LogP contribution in [0.25, 0.3) is 5.82 Å². The second-order valence-corrected chi connectivity index (χ2v) is 5.86. The molecule has 0 spiro atoms. The van der Waals surface area contributed by atoms with E-state index >= 15 is 0 Å². The van der Waals surface area contributed by atoms with Crippen molar-refractivity contribution in [3.05, 3.63) is 36.0 Å². The van der Waals surface area contributed by atoms with Gasteiger partial charge in [-0.2, -0.15) is 9.75 Å². The molecule has 0 aromatic carbocycles. The molecule has 3 rings (SSSR count). The molecule has 1 aliphatic heterocycles. The molecule has 0 amide bonds. The van der Waals surface area contributed by atoms with E-state index in [0.717, 1.165) is 50.0 Å². The van der Waals surface area contributed by atoms with Gasteiger partial charge in [-0.25, -0.2) is 9.97 Å². The number of hydrogen-bond acceptors (Lipinski definition) is 5. The van der Waals surface area contributed by atoms with Crippen molar-refractivity contribution in [2.24, 2.45) is 0 Å². The number of hydroxylamine groups is 2. The van der Waals surface area contributed by atoms with Gasteiger partial charge in [-0.15, -0.1) is 5.10 Å². The molecular formula is C16H23N5O. The highest BCUT2D eigenvalue weighted by Gasteiger charge is 2.17. The molecule has 6 nitrogen and oxygen atoms in total. The van der Waals surface area contributed by atoms with E-state index in [-0.39, 0.29) is 0 Å². The van der Waals surface area contributed by atoms with Gasteiger partial charge in [0, 0.05) is 31.6 Å². The van der Waals surface area contributed by atoms with Gasteiger partial charge in [-0.3, -0.25) is 4.84 Å². The molecule has 3 heterocycles. The zero-order chi connectivity index (χ0) is 15.4. The molecule has 22 heavy (non-hydrogen) atoms. The summed E-state index contributed by atoms with van der Waals surface area (Å²) in [6, 6.07) is 5.83. The molecule has 0 unspecified atom stereocenters. The summed E-state index contributed by atoms with van der Waals surface area (Å²) in [5, 5.41) is 6.67. The summed E-state index contributed by atoms with van der Waals surface area (Å²) in [7, 11) is 0. The van der Waals surface area contributed by atoms with Crippen LogP contribution in [0.15, 0.2) is 24.4 Å². The Balaban J connectivity index is 1.79. The van der Waals surface area contributed by atoms with Crippen LogP contribution >= 0.6 is 0 Å². The van der Waals surface area contributed by atoms with Gasteiger partial charge in [0.2, 0.25) is 0 Å². The molecule has 1 saturated heterocycles. The molecular weight excluding hydrogens is 278 g/mol. The molecule has 6 heteroatoms. The van der Waals surface area contributed by atoms with Gasteiger partial charge in [-0.1, -0.05) is 19.9 Å². The second-order valence-electron chi connectivity index (χ2n) is 5.86. The van der Waals surface area contributed by atoms with E-state index in [1.807, 2.05) is 27.9 Å². The number of nitrogens with zero attached hydrogens (tertiary/aromatic N) is 5. The lowest BCUT2D eigenvalue weighted by atomic mass is 10.2. The maximum absolute atomic E-state index is 5.66. The third-order valence-corrected chi connectivity index (χ3v) is 3.73. The van der Waals surface area contributed by atoms with E-state index in [1.165, 1.54) is 6.42 Å². The van der Waals surface area contributed by atoms with Gasteiger partial charge in [0.1, 0.15) is 5.82 Å². The topological polar surface area (TPSA) is 56.1 Å². The number of aromatic nitrogens is 4. The van der Waals surface area contributed by atoms with Gasteiger partial charge >= 0.3 is 0 Å². The van der Waals surface area contributed by atoms with Gasteiger partial charge < -0.3 is 0 Å². The van der Waals surface area contributed by atoms with E-state index in [1.54, 1.807) is 6.20 Å². The summed E-state index contributed by atoms with van der Waals surface area (Å²) in [6.07, 6.45) is 4.93. The Labute approximate surface area is 131 Å². The molecule has 0 aliphatic carbocycles. The predicted octanol–water partition coefficient (Wildman–Crippen LogP) is 2.36. The number of rotatable bonds is 5. The first-order chi connectivity index (χ1) is 10.7. The molecule has 0 N–H and O–H groups in total. The van der Waals surface area contributed by atoms with Crippen molar-refractivity contribution in [2.75, 3.05) is 19.7 Å². The molecule has 1 aliphatic rings. The minimum atomic E-state index is 0.301. The fourth-order valence-corrected chi connectivity index (χ4v) is 2.48. The lowest BCUT2D eigenvalue weighted by Crippen LogP contribution is -2.32. The maximum atomic E-state index is 5.66. The SMILES string of the molecule is CC(C)c1nc(CCN2CCCCO2)n(-c2ccccn2)n1. The van der Waals surface area contributed by atoms with Gasteiger partial charge in [-0.05, 0) is 25.0 Å². The summed E-state index contributed by atoms with van der Waals surface area (Å²) in [4.78, 5) is 14.8. The first-order valence-electron chi connectivity index (χ1n) is 7.99. The Bertz CT molecular complexity index is 590. The first kappa shape index (κ1) is 15.1. The lowest BCUT2D eigenvalue weighted by molar-refractivity contribution is -0.179. The zero-order valence-corrected chi connectivity index (χ0v) is 13.3. The van der Waals surface area contributed by atoms with Crippen LogP contribution in [0.5, 0.6) is 0 Å². The second kappa shape index (κ2) is 6.98. The quantitative estimate of drug-likeness (QED) is 0.848. The van der Waals surface area contributed by atoms with Crippen LogP contribution in [-0.2, 0) is 11.3 Å².